The monoisotopic (exact) mass is 349 g/mol. The number of pyridine rings is 2. The van der Waals surface area contributed by atoms with Crippen LogP contribution in [0.5, 0.6) is 0 Å². The molecule has 0 radical (unpaired) electrons. The van der Waals surface area contributed by atoms with E-state index in [9.17, 15) is 0 Å². The molecule has 1 aromatic carbocycles. The summed E-state index contributed by atoms with van der Waals surface area (Å²) in [6.07, 6.45) is 5.44. The zero-order chi connectivity index (χ0) is 17.4. The molecule has 2 aliphatic rings. The maximum atomic E-state index is 4.67. The van der Waals surface area contributed by atoms with E-state index in [2.05, 4.69) is 73.3 Å². The van der Waals surface area contributed by atoms with Crippen LogP contribution in [0.25, 0.3) is 21.8 Å². The zero-order valence-electron chi connectivity index (χ0n) is 15.5. The van der Waals surface area contributed by atoms with Gasteiger partial charge in [-0.3, -0.25) is 4.98 Å². The fraction of sp³-hybridized carbons (Fsp3) is 0.455. The molecule has 25 heavy (non-hydrogen) atoms. The lowest BCUT2D eigenvalue weighted by molar-refractivity contribution is -0.776. The molecule has 0 saturated carbocycles. The summed E-state index contributed by atoms with van der Waals surface area (Å²) in [4.78, 5) is 4.67. The minimum atomic E-state index is 0.180. The standard InChI is InChI=1S/C22H25N2S/c1-5-22(6-2)12-15-9-10-23-17-8-7-14-11-16-20(25-13-21(16,3)4)24(22)19(14)18(15)17/h7-11H,5-6,12-13H2,1-4H3/q+1. The van der Waals surface area contributed by atoms with Crippen LogP contribution in [0.15, 0.2) is 35.5 Å². The molecule has 0 fully saturated rings. The highest BCUT2D eigenvalue weighted by Crippen LogP contribution is 2.47. The van der Waals surface area contributed by atoms with Gasteiger partial charge < -0.3 is 0 Å². The topological polar surface area (TPSA) is 16.8 Å². The summed E-state index contributed by atoms with van der Waals surface area (Å²) < 4.78 is 2.73. The molecule has 4 heterocycles. The Kier molecular flexibility index (Phi) is 3.11. The van der Waals surface area contributed by atoms with Crippen molar-refractivity contribution in [1.29, 1.82) is 0 Å². The lowest BCUT2D eigenvalue weighted by atomic mass is 9.79. The summed E-state index contributed by atoms with van der Waals surface area (Å²) in [5.41, 5.74) is 5.99. The van der Waals surface area contributed by atoms with Crippen molar-refractivity contribution in [2.24, 2.45) is 0 Å². The Labute approximate surface area is 153 Å². The van der Waals surface area contributed by atoms with E-state index in [1.54, 1.807) is 0 Å². The van der Waals surface area contributed by atoms with Crippen molar-refractivity contribution < 1.29 is 4.57 Å². The van der Waals surface area contributed by atoms with E-state index < -0.39 is 0 Å². The molecule has 2 nitrogen and oxygen atoms in total. The second kappa shape index (κ2) is 4.97. The average Bonchev–Trinajstić information content (AvgIpc) is 2.93. The van der Waals surface area contributed by atoms with Gasteiger partial charge in [0.15, 0.2) is 5.54 Å². The molecular formula is C22H25N2S+. The van der Waals surface area contributed by atoms with Crippen LogP contribution in [-0.4, -0.2) is 10.7 Å². The number of nitrogens with zero attached hydrogens (tertiary/aromatic N) is 2. The first-order valence-electron chi connectivity index (χ1n) is 9.44. The number of hydrogen-bond donors (Lipinski definition) is 0. The zero-order valence-corrected chi connectivity index (χ0v) is 16.3. The highest BCUT2D eigenvalue weighted by atomic mass is 32.2. The van der Waals surface area contributed by atoms with Gasteiger partial charge in [0.1, 0.15) is 0 Å². The summed E-state index contributed by atoms with van der Waals surface area (Å²) in [5.74, 6) is 1.17. The summed E-state index contributed by atoms with van der Waals surface area (Å²) in [5, 5.41) is 4.26. The summed E-state index contributed by atoms with van der Waals surface area (Å²) in [7, 11) is 0. The first kappa shape index (κ1) is 15.6. The molecule has 0 amide bonds. The Morgan fingerprint density at radius 1 is 1.16 bits per heavy atom. The molecule has 0 saturated heterocycles. The number of rotatable bonds is 2. The fourth-order valence-corrected chi connectivity index (χ4v) is 6.47. The number of aromatic nitrogens is 2. The number of hydrogen-bond acceptors (Lipinski definition) is 2. The molecule has 5 rings (SSSR count). The van der Waals surface area contributed by atoms with Crippen LogP contribution in [0.2, 0.25) is 0 Å². The number of fused-ring (bicyclic) bond motifs is 2. The van der Waals surface area contributed by atoms with Gasteiger partial charge in [-0.1, -0.05) is 39.5 Å². The van der Waals surface area contributed by atoms with Crippen LogP contribution in [-0.2, 0) is 17.4 Å². The summed E-state index contributed by atoms with van der Waals surface area (Å²) in [6.45, 7) is 9.50. The maximum absolute atomic E-state index is 4.67. The smallest absolute Gasteiger partial charge is 0.244 e. The number of benzene rings is 1. The largest absolute Gasteiger partial charge is 0.256 e. The van der Waals surface area contributed by atoms with Crippen LogP contribution >= 0.6 is 11.8 Å². The second-order valence-corrected chi connectivity index (χ2v) is 9.31. The van der Waals surface area contributed by atoms with Crippen LogP contribution in [0.3, 0.4) is 0 Å². The lowest BCUT2D eigenvalue weighted by Gasteiger charge is -2.33. The molecule has 2 aliphatic heterocycles. The predicted octanol–water partition coefficient (Wildman–Crippen LogP) is 5.13. The van der Waals surface area contributed by atoms with E-state index >= 15 is 0 Å². The van der Waals surface area contributed by atoms with Gasteiger partial charge in [0.25, 0.3) is 0 Å². The Hall–Kier alpha value is -1.61. The van der Waals surface area contributed by atoms with E-state index in [-0.39, 0.29) is 11.0 Å². The molecule has 0 unspecified atom stereocenters. The molecule has 2 aromatic heterocycles. The first-order valence-corrected chi connectivity index (χ1v) is 10.4. The Balaban J connectivity index is 2.05. The van der Waals surface area contributed by atoms with E-state index in [1.807, 2.05) is 6.20 Å². The third-order valence-electron chi connectivity index (χ3n) is 6.56. The van der Waals surface area contributed by atoms with E-state index in [1.165, 1.54) is 51.0 Å². The van der Waals surface area contributed by atoms with Crippen molar-refractivity contribution >= 4 is 33.6 Å². The minimum absolute atomic E-state index is 0.180. The highest BCUT2D eigenvalue weighted by molar-refractivity contribution is 7.99. The third kappa shape index (κ3) is 1.88. The molecule has 0 N–H and O–H groups in total. The molecule has 3 heteroatoms. The van der Waals surface area contributed by atoms with Gasteiger partial charge in [-0.05, 0) is 29.8 Å². The van der Waals surface area contributed by atoms with E-state index in [0.29, 0.717) is 0 Å². The fourth-order valence-electron chi connectivity index (χ4n) is 4.91. The second-order valence-electron chi connectivity index (χ2n) is 8.35. The van der Waals surface area contributed by atoms with E-state index in [4.69, 9.17) is 0 Å². The van der Waals surface area contributed by atoms with Crippen molar-refractivity contribution in [2.45, 2.75) is 62.9 Å². The van der Waals surface area contributed by atoms with Crippen molar-refractivity contribution in [1.82, 2.24) is 4.98 Å². The molecule has 3 aromatic rings. The van der Waals surface area contributed by atoms with Gasteiger partial charge in [0, 0.05) is 47.6 Å². The SMILES string of the molecule is CCC1(CC)Cc2ccnc3ccc4cc5c([n+]1c4c23)SCC5(C)C. The van der Waals surface area contributed by atoms with Crippen LogP contribution in [0, 0.1) is 0 Å². The van der Waals surface area contributed by atoms with Crippen molar-refractivity contribution in [3.8, 4) is 0 Å². The summed E-state index contributed by atoms with van der Waals surface area (Å²) in [6, 6.07) is 9.19. The molecule has 0 spiro atoms. The van der Waals surface area contributed by atoms with Gasteiger partial charge in [-0.15, -0.1) is 0 Å². The molecule has 128 valence electrons. The minimum Gasteiger partial charge on any atom is -0.256 e. The maximum Gasteiger partial charge on any atom is 0.244 e. The molecule has 0 aliphatic carbocycles. The highest BCUT2D eigenvalue weighted by Gasteiger charge is 2.49. The molecular weight excluding hydrogens is 324 g/mol. The molecule has 0 atom stereocenters. The van der Waals surface area contributed by atoms with Crippen molar-refractivity contribution in [2.75, 3.05) is 5.75 Å². The summed E-state index contributed by atoms with van der Waals surface area (Å²) >= 11 is 2.05. The van der Waals surface area contributed by atoms with Gasteiger partial charge in [-0.2, -0.15) is 4.57 Å². The van der Waals surface area contributed by atoms with Gasteiger partial charge in [-0.25, -0.2) is 0 Å². The Morgan fingerprint density at radius 3 is 2.72 bits per heavy atom. The van der Waals surface area contributed by atoms with Crippen LogP contribution < -0.4 is 4.57 Å². The Bertz CT molecular complexity index is 1030. The van der Waals surface area contributed by atoms with Crippen LogP contribution in [0.4, 0.5) is 0 Å². The van der Waals surface area contributed by atoms with Gasteiger partial charge in [0.2, 0.25) is 10.5 Å². The van der Waals surface area contributed by atoms with E-state index in [0.717, 1.165) is 11.9 Å². The first-order chi connectivity index (χ1) is 12.0. The van der Waals surface area contributed by atoms with Crippen molar-refractivity contribution in [3.05, 3.63) is 41.6 Å². The Morgan fingerprint density at radius 2 is 1.96 bits per heavy atom. The van der Waals surface area contributed by atoms with Gasteiger partial charge >= 0.3 is 0 Å². The lowest BCUT2D eigenvalue weighted by Crippen LogP contribution is -2.60. The van der Waals surface area contributed by atoms with Crippen molar-refractivity contribution in [3.63, 3.8) is 0 Å². The average molecular weight is 350 g/mol. The quantitative estimate of drug-likeness (QED) is 0.471. The van der Waals surface area contributed by atoms with Gasteiger partial charge in [0.05, 0.1) is 10.9 Å². The predicted molar refractivity (Wildman–Crippen MR) is 105 cm³/mol. The third-order valence-corrected chi connectivity index (χ3v) is 8.11. The normalized spacial score (nSPS) is 19.7. The van der Waals surface area contributed by atoms with Crippen LogP contribution in [0.1, 0.15) is 51.7 Å². The molecule has 0 bridgehead atoms. The number of thioether (sulfide) groups is 1.